The molecule has 1 aliphatic rings. The van der Waals surface area contributed by atoms with Crippen LogP contribution in [0.2, 0.25) is 0 Å². The van der Waals surface area contributed by atoms with Crippen LogP contribution in [0.15, 0.2) is 72.9 Å². The molecule has 3 aromatic rings. The quantitative estimate of drug-likeness (QED) is 0.732. The van der Waals surface area contributed by atoms with E-state index in [1.165, 1.54) is 5.56 Å². The number of carbonyl (C=O) groups is 1. The van der Waals surface area contributed by atoms with Gasteiger partial charge in [-0.15, -0.1) is 0 Å². The zero-order valence-corrected chi connectivity index (χ0v) is 15.6. The van der Waals surface area contributed by atoms with Crippen molar-refractivity contribution in [1.29, 1.82) is 0 Å². The molecule has 1 amide bonds. The van der Waals surface area contributed by atoms with Crippen molar-refractivity contribution in [2.75, 3.05) is 18.8 Å². The van der Waals surface area contributed by atoms with Gasteiger partial charge in [-0.2, -0.15) is 0 Å². The zero-order valence-electron chi connectivity index (χ0n) is 15.6. The largest absolute Gasteiger partial charge is 0.457 e. The minimum atomic E-state index is 0.0696. The van der Waals surface area contributed by atoms with Crippen molar-refractivity contribution in [2.24, 2.45) is 0 Å². The number of nitrogen functional groups attached to an aromatic ring is 1. The van der Waals surface area contributed by atoms with Crippen molar-refractivity contribution in [1.82, 2.24) is 9.88 Å². The smallest absolute Gasteiger partial charge is 0.253 e. The molecule has 5 heteroatoms. The van der Waals surface area contributed by atoms with Crippen molar-refractivity contribution < 1.29 is 9.53 Å². The highest BCUT2D eigenvalue weighted by Gasteiger charge is 2.24. The first-order valence-electron chi connectivity index (χ1n) is 9.53. The maximum atomic E-state index is 12.8. The number of carbonyl (C=O) groups excluding carboxylic acids is 1. The second-order valence-electron chi connectivity index (χ2n) is 7.02. The standard InChI is InChI=1S/C23H23N3O2/c24-22-11-8-19(16-25-22)17-12-14-26(15-13-17)23(27)18-6-9-21(10-7-18)28-20-4-2-1-3-5-20/h1-11,16-17H,12-15H2,(H2,24,25). The number of benzene rings is 2. The number of pyridine rings is 1. The molecule has 0 radical (unpaired) electrons. The van der Waals surface area contributed by atoms with Crippen LogP contribution in [0, 0.1) is 0 Å². The van der Waals surface area contributed by atoms with Crippen LogP contribution in [0.3, 0.4) is 0 Å². The molecule has 0 spiro atoms. The fourth-order valence-electron chi connectivity index (χ4n) is 3.55. The molecule has 2 N–H and O–H groups in total. The molecule has 1 fully saturated rings. The molecule has 5 nitrogen and oxygen atoms in total. The van der Waals surface area contributed by atoms with Gasteiger partial charge in [0, 0.05) is 24.8 Å². The highest BCUT2D eigenvalue weighted by Crippen LogP contribution is 2.29. The number of para-hydroxylation sites is 1. The minimum Gasteiger partial charge on any atom is -0.457 e. The number of aromatic nitrogens is 1. The van der Waals surface area contributed by atoms with Crippen LogP contribution in [-0.2, 0) is 0 Å². The lowest BCUT2D eigenvalue weighted by Gasteiger charge is -2.32. The van der Waals surface area contributed by atoms with E-state index in [9.17, 15) is 4.79 Å². The fraction of sp³-hybridized carbons (Fsp3) is 0.217. The topological polar surface area (TPSA) is 68.5 Å². The second kappa shape index (κ2) is 8.13. The van der Waals surface area contributed by atoms with Gasteiger partial charge in [0.2, 0.25) is 0 Å². The van der Waals surface area contributed by atoms with Crippen LogP contribution in [-0.4, -0.2) is 28.9 Å². The number of ether oxygens (including phenoxy) is 1. The Labute approximate surface area is 164 Å². The lowest BCUT2D eigenvalue weighted by atomic mass is 9.90. The third kappa shape index (κ3) is 4.14. The lowest BCUT2D eigenvalue weighted by Crippen LogP contribution is -2.37. The van der Waals surface area contributed by atoms with Crippen LogP contribution in [0.4, 0.5) is 5.82 Å². The van der Waals surface area contributed by atoms with E-state index >= 15 is 0 Å². The third-order valence-electron chi connectivity index (χ3n) is 5.14. The predicted molar refractivity (Wildman–Crippen MR) is 109 cm³/mol. The Morgan fingerprint density at radius 1 is 0.929 bits per heavy atom. The van der Waals surface area contributed by atoms with Crippen molar-refractivity contribution in [3.05, 3.63) is 84.1 Å². The average Bonchev–Trinajstić information content (AvgIpc) is 2.75. The first-order valence-corrected chi connectivity index (χ1v) is 9.53. The monoisotopic (exact) mass is 373 g/mol. The van der Waals surface area contributed by atoms with Gasteiger partial charge in [-0.05, 0) is 66.8 Å². The number of rotatable bonds is 4. The van der Waals surface area contributed by atoms with E-state index in [1.54, 1.807) is 0 Å². The van der Waals surface area contributed by atoms with Crippen molar-refractivity contribution in [3.8, 4) is 11.5 Å². The molecule has 28 heavy (non-hydrogen) atoms. The number of amides is 1. The average molecular weight is 373 g/mol. The Morgan fingerprint density at radius 2 is 1.61 bits per heavy atom. The van der Waals surface area contributed by atoms with E-state index in [0.717, 1.165) is 37.4 Å². The van der Waals surface area contributed by atoms with Gasteiger partial charge in [-0.25, -0.2) is 4.98 Å². The van der Waals surface area contributed by atoms with Gasteiger partial charge in [0.1, 0.15) is 17.3 Å². The van der Waals surface area contributed by atoms with Gasteiger partial charge in [0.15, 0.2) is 0 Å². The molecule has 0 atom stereocenters. The van der Waals surface area contributed by atoms with E-state index in [1.807, 2.05) is 77.8 Å². The zero-order chi connectivity index (χ0) is 19.3. The minimum absolute atomic E-state index is 0.0696. The highest BCUT2D eigenvalue weighted by molar-refractivity contribution is 5.94. The summed E-state index contributed by atoms with van der Waals surface area (Å²) >= 11 is 0. The highest BCUT2D eigenvalue weighted by atomic mass is 16.5. The van der Waals surface area contributed by atoms with E-state index in [0.29, 0.717) is 17.3 Å². The maximum Gasteiger partial charge on any atom is 0.253 e. The molecule has 1 saturated heterocycles. The molecule has 1 aliphatic heterocycles. The Kier molecular flexibility index (Phi) is 5.24. The molecule has 2 aromatic carbocycles. The molecule has 0 unspecified atom stereocenters. The summed E-state index contributed by atoms with van der Waals surface area (Å²) in [6.45, 7) is 1.49. The number of nitrogens with two attached hydrogens (primary N) is 1. The maximum absolute atomic E-state index is 12.8. The SMILES string of the molecule is Nc1ccc(C2CCN(C(=O)c3ccc(Oc4ccccc4)cc3)CC2)cn1. The van der Waals surface area contributed by atoms with Crippen LogP contribution >= 0.6 is 0 Å². The number of piperidine rings is 1. The first-order chi connectivity index (χ1) is 13.7. The Balaban J connectivity index is 1.35. The lowest BCUT2D eigenvalue weighted by molar-refractivity contribution is 0.0713. The number of anilines is 1. The molecule has 2 heterocycles. The van der Waals surface area contributed by atoms with Crippen LogP contribution in [0.1, 0.15) is 34.7 Å². The van der Waals surface area contributed by atoms with Gasteiger partial charge in [-0.1, -0.05) is 24.3 Å². The molecule has 4 rings (SSSR count). The summed E-state index contributed by atoms with van der Waals surface area (Å²) in [6, 6.07) is 20.8. The number of likely N-dealkylation sites (tertiary alicyclic amines) is 1. The Hall–Kier alpha value is -3.34. The number of hydrogen-bond acceptors (Lipinski definition) is 4. The number of hydrogen-bond donors (Lipinski definition) is 1. The van der Waals surface area contributed by atoms with Crippen molar-refractivity contribution in [3.63, 3.8) is 0 Å². The van der Waals surface area contributed by atoms with Gasteiger partial charge in [0.25, 0.3) is 5.91 Å². The Morgan fingerprint density at radius 3 is 2.25 bits per heavy atom. The molecule has 0 saturated carbocycles. The summed E-state index contributed by atoms with van der Waals surface area (Å²) < 4.78 is 5.79. The van der Waals surface area contributed by atoms with E-state index in [4.69, 9.17) is 10.5 Å². The molecule has 0 bridgehead atoms. The molecule has 142 valence electrons. The van der Waals surface area contributed by atoms with Crippen LogP contribution < -0.4 is 10.5 Å². The Bertz CT molecular complexity index is 916. The summed E-state index contributed by atoms with van der Waals surface area (Å²) in [5.74, 6) is 2.54. The fourth-order valence-corrected chi connectivity index (χ4v) is 3.55. The first kappa shape index (κ1) is 18.0. The van der Waals surface area contributed by atoms with Gasteiger partial charge >= 0.3 is 0 Å². The van der Waals surface area contributed by atoms with Gasteiger partial charge in [0.05, 0.1) is 0 Å². The molecular weight excluding hydrogens is 350 g/mol. The molecule has 1 aromatic heterocycles. The summed E-state index contributed by atoms with van der Waals surface area (Å²) in [7, 11) is 0. The molecule has 0 aliphatic carbocycles. The normalized spacial score (nSPS) is 14.6. The van der Waals surface area contributed by atoms with Crippen LogP contribution in [0.25, 0.3) is 0 Å². The van der Waals surface area contributed by atoms with E-state index < -0.39 is 0 Å². The van der Waals surface area contributed by atoms with E-state index in [-0.39, 0.29) is 5.91 Å². The van der Waals surface area contributed by atoms with E-state index in [2.05, 4.69) is 4.98 Å². The summed E-state index contributed by atoms with van der Waals surface area (Å²) in [4.78, 5) is 18.9. The number of nitrogens with zero attached hydrogens (tertiary/aromatic N) is 2. The summed E-state index contributed by atoms with van der Waals surface area (Å²) in [5.41, 5.74) is 7.55. The van der Waals surface area contributed by atoms with Crippen molar-refractivity contribution in [2.45, 2.75) is 18.8 Å². The summed E-state index contributed by atoms with van der Waals surface area (Å²) in [5, 5.41) is 0. The van der Waals surface area contributed by atoms with Gasteiger partial charge in [-0.3, -0.25) is 4.79 Å². The predicted octanol–water partition coefficient (Wildman–Crippen LogP) is 4.48. The summed E-state index contributed by atoms with van der Waals surface area (Å²) in [6.07, 6.45) is 3.72. The van der Waals surface area contributed by atoms with Crippen LogP contribution in [0.5, 0.6) is 11.5 Å². The molecular formula is C23H23N3O2. The van der Waals surface area contributed by atoms with Crippen molar-refractivity contribution >= 4 is 11.7 Å². The second-order valence-corrected chi connectivity index (χ2v) is 7.02. The third-order valence-corrected chi connectivity index (χ3v) is 5.14. The van der Waals surface area contributed by atoms with Gasteiger partial charge < -0.3 is 15.4 Å².